The fraction of sp³-hybridized carbons (Fsp3) is 0.333. The molecule has 0 aromatic heterocycles. The van der Waals surface area contributed by atoms with Gasteiger partial charge in [0.25, 0.3) is 0 Å². The molecule has 0 aliphatic rings. The Balaban J connectivity index is 2.93. The van der Waals surface area contributed by atoms with Gasteiger partial charge in [-0.05, 0) is 17.7 Å². The van der Waals surface area contributed by atoms with Gasteiger partial charge in [-0.1, -0.05) is 12.1 Å². The average Bonchev–Trinajstić information content (AvgIpc) is 2.36. The Bertz CT molecular complexity index is 486. The summed E-state index contributed by atoms with van der Waals surface area (Å²) in [6.07, 6.45) is -5.46. The molecule has 0 saturated heterocycles. The van der Waals surface area contributed by atoms with Gasteiger partial charge in [0.05, 0.1) is 19.6 Å². The molecule has 0 fully saturated rings. The van der Waals surface area contributed by atoms with Gasteiger partial charge in [-0.15, -0.1) is 0 Å². The van der Waals surface area contributed by atoms with E-state index in [1.165, 1.54) is 31.4 Å². The first-order chi connectivity index (χ1) is 9.24. The van der Waals surface area contributed by atoms with Gasteiger partial charge < -0.3 is 15.8 Å². The number of hydrogen-bond donors (Lipinski definition) is 2. The number of ether oxygens (including phenoxy) is 1. The minimum Gasteiger partial charge on any atom is -0.497 e. The zero-order valence-corrected chi connectivity index (χ0v) is 10.5. The van der Waals surface area contributed by atoms with Gasteiger partial charge in [-0.25, -0.2) is 0 Å². The molecule has 5 nitrogen and oxygen atoms in total. The van der Waals surface area contributed by atoms with Gasteiger partial charge in [0.2, 0.25) is 5.91 Å². The van der Waals surface area contributed by atoms with Crippen LogP contribution < -0.4 is 15.8 Å². The summed E-state index contributed by atoms with van der Waals surface area (Å²) in [5.41, 5.74) is 5.30. The number of nitrogens with two attached hydrogens (primary N) is 1. The lowest BCUT2D eigenvalue weighted by Crippen LogP contribution is -2.40. The molecule has 1 aromatic rings. The molecule has 1 aromatic carbocycles. The number of methoxy groups -OCH3 is 1. The molecule has 0 saturated carbocycles. The average molecular weight is 290 g/mol. The summed E-state index contributed by atoms with van der Waals surface area (Å²) in [5, 5.41) is 1.74. The van der Waals surface area contributed by atoms with Crippen molar-refractivity contribution in [2.24, 2.45) is 5.73 Å². The number of alkyl halides is 3. The van der Waals surface area contributed by atoms with E-state index in [1.807, 2.05) is 0 Å². The van der Waals surface area contributed by atoms with Crippen molar-refractivity contribution in [1.29, 1.82) is 0 Å². The first-order valence-electron chi connectivity index (χ1n) is 5.54. The Labute approximate surface area is 112 Å². The Morgan fingerprint density at radius 3 is 2.25 bits per heavy atom. The van der Waals surface area contributed by atoms with Crippen LogP contribution in [0.25, 0.3) is 0 Å². The number of benzene rings is 1. The van der Waals surface area contributed by atoms with E-state index in [0.717, 1.165) is 0 Å². The number of carbonyl (C=O) groups excluding carboxylic acids is 2. The standard InChI is InChI=1S/C12H13F3N2O3/c1-20-8-4-2-7(3-5-8)9(6-10(16)18)17-11(19)12(13,14)15/h2-5,9H,6H2,1H3,(H2,16,18)(H,17,19)/t9-/m0/s1. The molecular formula is C12H13F3N2O3. The lowest BCUT2D eigenvalue weighted by Gasteiger charge is -2.19. The minimum absolute atomic E-state index is 0.321. The highest BCUT2D eigenvalue weighted by Gasteiger charge is 2.40. The van der Waals surface area contributed by atoms with E-state index in [4.69, 9.17) is 10.5 Å². The monoisotopic (exact) mass is 290 g/mol. The van der Waals surface area contributed by atoms with Crippen LogP contribution in [0.5, 0.6) is 5.75 Å². The Morgan fingerprint density at radius 1 is 1.30 bits per heavy atom. The Hall–Kier alpha value is -2.25. The molecule has 0 bridgehead atoms. The quantitative estimate of drug-likeness (QED) is 0.857. The molecular weight excluding hydrogens is 277 g/mol. The zero-order chi connectivity index (χ0) is 15.3. The van der Waals surface area contributed by atoms with Crippen molar-refractivity contribution < 1.29 is 27.5 Å². The molecule has 1 rings (SSSR count). The van der Waals surface area contributed by atoms with E-state index in [0.29, 0.717) is 11.3 Å². The molecule has 0 heterocycles. The zero-order valence-electron chi connectivity index (χ0n) is 10.5. The molecule has 0 aliphatic carbocycles. The van der Waals surface area contributed by atoms with Crippen molar-refractivity contribution in [2.45, 2.75) is 18.6 Å². The van der Waals surface area contributed by atoms with E-state index in [-0.39, 0.29) is 0 Å². The lowest BCUT2D eigenvalue weighted by molar-refractivity contribution is -0.174. The van der Waals surface area contributed by atoms with Gasteiger partial charge in [0.1, 0.15) is 5.75 Å². The minimum atomic E-state index is -5.03. The van der Waals surface area contributed by atoms with Crippen molar-refractivity contribution >= 4 is 11.8 Å². The summed E-state index contributed by atoms with van der Waals surface area (Å²) in [5.74, 6) is -2.46. The predicted molar refractivity (Wildman–Crippen MR) is 63.7 cm³/mol. The van der Waals surface area contributed by atoms with Crippen LogP contribution in [0.15, 0.2) is 24.3 Å². The predicted octanol–water partition coefficient (Wildman–Crippen LogP) is 1.29. The molecule has 0 spiro atoms. The first-order valence-corrected chi connectivity index (χ1v) is 5.54. The van der Waals surface area contributed by atoms with Gasteiger partial charge in [-0.3, -0.25) is 9.59 Å². The summed E-state index contributed by atoms with van der Waals surface area (Å²) in [6.45, 7) is 0. The summed E-state index contributed by atoms with van der Waals surface area (Å²) in [7, 11) is 1.43. The topological polar surface area (TPSA) is 81.4 Å². The third-order valence-electron chi connectivity index (χ3n) is 2.49. The largest absolute Gasteiger partial charge is 0.497 e. The second-order valence-electron chi connectivity index (χ2n) is 3.97. The Morgan fingerprint density at radius 2 is 1.85 bits per heavy atom. The van der Waals surface area contributed by atoms with Crippen molar-refractivity contribution in [2.75, 3.05) is 7.11 Å². The van der Waals surface area contributed by atoms with Crippen LogP contribution in [0, 0.1) is 0 Å². The Kier molecular flexibility index (Phi) is 4.95. The van der Waals surface area contributed by atoms with Crippen LogP contribution in [-0.2, 0) is 9.59 Å². The van der Waals surface area contributed by atoms with Crippen LogP contribution in [0.2, 0.25) is 0 Å². The normalized spacial score (nSPS) is 12.6. The maximum Gasteiger partial charge on any atom is 0.471 e. The van der Waals surface area contributed by atoms with Crippen LogP contribution in [0.4, 0.5) is 13.2 Å². The summed E-state index contributed by atoms with van der Waals surface area (Å²) < 4.78 is 41.6. The summed E-state index contributed by atoms with van der Waals surface area (Å²) in [6, 6.07) is 4.76. The van der Waals surface area contributed by atoms with Gasteiger partial charge in [0, 0.05) is 0 Å². The van der Waals surface area contributed by atoms with Gasteiger partial charge in [0.15, 0.2) is 0 Å². The van der Waals surface area contributed by atoms with E-state index in [2.05, 4.69) is 0 Å². The van der Waals surface area contributed by atoms with E-state index in [9.17, 15) is 22.8 Å². The molecule has 20 heavy (non-hydrogen) atoms. The molecule has 0 unspecified atom stereocenters. The van der Waals surface area contributed by atoms with Gasteiger partial charge >= 0.3 is 12.1 Å². The van der Waals surface area contributed by atoms with Crippen LogP contribution in [0.1, 0.15) is 18.0 Å². The number of primary amides is 1. The first kappa shape index (κ1) is 15.8. The third kappa shape index (κ3) is 4.45. The molecule has 110 valence electrons. The van der Waals surface area contributed by atoms with Crippen LogP contribution in [-0.4, -0.2) is 25.1 Å². The molecule has 2 amide bonds. The van der Waals surface area contributed by atoms with E-state index >= 15 is 0 Å². The number of rotatable bonds is 5. The van der Waals surface area contributed by atoms with Crippen molar-refractivity contribution in [1.82, 2.24) is 5.32 Å². The molecule has 1 atom stereocenters. The fourth-order valence-corrected chi connectivity index (χ4v) is 1.53. The second kappa shape index (κ2) is 6.27. The van der Waals surface area contributed by atoms with E-state index in [1.54, 1.807) is 5.32 Å². The lowest BCUT2D eigenvalue weighted by atomic mass is 10.0. The number of amides is 2. The number of hydrogen-bond acceptors (Lipinski definition) is 3. The third-order valence-corrected chi connectivity index (χ3v) is 2.49. The second-order valence-corrected chi connectivity index (χ2v) is 3.97. The molecule has 3 N–H and O–H groups in total. The molecule has 0 aliphatic heterocycles. The summed E-state index contributed by atoms with van der Waals surface area (Å²) >= 11 is 0. The SMILES string of the molecule is COc1ccc([C@H](CC(N)=O)NC(=O)C(F)(F)F)cc1. The smallest absolute Gasteiger partial charge is 0.471 e. The van der Waals surface area contributed by atoms with Crippen molar-refractivity contribution in [3.05, 3.63) is 29.8 Å². The number of halogens is 3. The van der Waals surface area contributed by atoms with Gasteiger partial charge in [-0.2, -0.15) is 13.2 Å². The molecule has 0 radical (unpaired) electrons. The highest BCUT2D eigenvalue weighted by Crippen LogP contribution is 2.23. The highest BCUT2D eigenvalue weighted by molar-refractivity contribution is 5.83. The number of carbonyl (C=O) groups is 2. The number of nitrogens with one attached hydrogen (secondary N) is 1. The fourth-order valence-electron chi connectivity index (χ4n) is 1.53. The van der Waals surface area contributed by atoms with Crippen LogP contribution in [0.3, 0.4) is 0 Å². The van der Waals surface area contributed by atoms with E-state index < -0.39 is 30.5 Å². The maximum absolute atomic E-state index is 12.2. The maximum atomic E-state index is 12.2. The summed E-state index contributed by atoms with van der Waals surface area (Å²) in [4.78, 5) is 21.8. The highest BCUT2D eigenvalue weighted by atomic mass is 19.4. The van der Waals surface area contributed by atoms with Crippen molar-refractivity contribution in [3.8, 4) is 5.75 Å². The molecule has 8 heteroatoms. The van der Waals surface area contributed by atoms with Crippen molar-refractivity contribution in [3.63, 3.8) is 0 Å². The van der Waals surface area contributed by atoms with Crippen LogP contribution >= 0.6 is 0 Å².